The van der Waals surface area contributed by atoms with Gasteiger partial charge in [-0.15, -0.1) is 0 Å². The predicted molar refractivity (Wildman–Crippen MR) is 74.3 cm³/mol. The van der Waals surface area contributed by atoms with Crippen molar-refractivity contribution in [2.45, 2.75) is 12.8 Å². The molecule has 0 radical (unpaired) electrons. The Morgan fingerprint density at radius 2 is 1.89 bits per heavy atom. The van der Waals surface area contributed by atoms with Gasteiger partial charge in [0.05, 0.1) is 0 Å². The molecule has 0 spiro atoms. The molecule has 0 fully saturated rings. The summed E-state index contributed by atoms with van der Waals surface area (Å²) in [7, 11) is 3.58. The third kappa shape index (κ3) is 3.96. The third-order valence-corrected chi connectivity index (χ3v) is 2.67. The number of amides is 1. The van der Waals surface area contributed by atoms with Crippen LogP contribution in [0.15, 0.2) is 46.9 Å². The highest BCUT2D eigenvalue weighted by Gasteiger charge is 2.07. The van der Waals surface area contributed by atoms with Crippen LogP contribution in [-0.2, 0) is 11.2 Å². The van der Waals surface area contributed by atoms with Gasteiger partial charge in [-0.2, -0.15) is 0 Å². The van der Waals surface area contributed by atoms with E-state index in [4.69, 9.17) is 4.42 Å². The van der Waals surface area contributed by atoms with Crippen LogP contribution in [-0.4, -0.2) is 25.0 Å². The van der Waals surface area contributed by atoms with Gasteiger partial charge < -0.3 is 4.42 Å². The molecule has 0 bridgehead atoms. The molecule has 0 saturated heterocycles. The first-order valence-electron chi connectivity index (χ1n) is 6.26. The van der Waals surface area contributed by atoms with Gasteiger partial charge in [0.2, 0.25) is 5.91 Å². The van der Waals surface area contributed by atoms with E-state index >= 15 is 0 Å². The molecule has 100 valence electrons. The van der Waals surface area contributed by atoms with Crippen molar-refractivity contribution in [1.82, 2.24) is 10.4 Å². The van der Waals surface area contributed by atoms with Gasteiger partial charge in [-0.05, 0) is 12.1 Å². The zero-order chi connectivity index (χ0) is 13.7. The molecule has 0 atom stereocenters. The second-order valence-corrected chi connectivity index (χ2v) is 4.56. The molecule has 4 nitrogen and oxygen atoms in total. The molecule has 1 N–H and O–H groups in total. The molecule has 1 aromatic heterocycles. The van der Waals surface area contributed by atoms with E-state index in [9.17, 15) is 4.79 Å². The monoisotopic (exact) mass is 258 g/mol. The van der Waals surface area contributed by atoms with E-state index in [2.05, 4.69) is 5.43 Å². The summed E-state index contributed by atoms with van der Waals surface area (Å²) in [5.74, 6) is 1.65. The molecule has 0 saturated carbocycles. The summed E-state index contributed by atoms with van der Waals surface area (Å²) in [4.78, 5) is 11.5. The molecule has 0 unspecified atom stereocenters. The zero-order valence-corrected chi connectivity index (χ0v) is 11.2. The molecule has 1 amide bonds. The first kappa shape index (κ1) is 13.4. The van der Waals surface area contributed by atoms with E-state index in [0.29, 0.717) is 12.8 Å². The van der Waals surface area contributed by atoms with Crippen molar-refractivity contribution < 1.29 is 9.21 Å². The number of aryl methyl sites for hydroxylation is 1. The molecule has 4 heteroatoms. The van der Waals surface area contributed by atoms with Gasteiger partial charge in [0, 0.05) is 32.5 Å². The van der Waals surface area contributed by atoms with Gasteiger partial charge in [0.25, 0.3) is 0 Å². The van der Waals surface area contributed by atoms with Crippen LogP contribution >= 0.6 is 0 Å². The highest BCUT2D eigenvalue weighted by molar-refractivity contribution is 5.75. The number of furan rings is 1. The van der Waals surface area contributed by atoms with Gasteiger partial charge in [0.15, 0.2) is 0 Å². The lowest BCUT2D eigenvalue weighted by molar-refractivity contribution is -0.124. The standard InChI is InChI=1S/C15H18N2O2/c1-17(2)16-15(18)11-9-13-8-10-14(19-13)12-6-4-3-5-7-12/h3-8,10H,9,11H2,1-2H3,(H,16,18). The Morgan fingerprint density at radius 1 is 1.16 bits per heavy atom. The van der Waals surface area contributed by atoms with Crippen molar-refractivity contribution in [3.63, 3.8) is 0 Å². The lowest BCUT2D eigenvalue weighted by Gasteiger charge is -2.10. The smallest absolute Gasteiger partial charge is 0.234 e. The molecule has 1 heterocycles. The Bertz CT molecular complexity index is 532. The fourth-order valence-corrected chi connectivity index (χ4v) is 1.81. The normalized spacial score (nSPS) is 10.7. The molecule has 2 rings (SSSR count). The van der Waals surface area contributed by atoms with E-state index < -0.39 is 0 Å². The third-order valence-electron chi connectivity index (χ3n) is 2.67. The predicted octanol–water partition coefficient (Wildman–Crippen LogP) is 2.47. The minimum atomic E-state index is -0.0114. The second kappa shape index (κ2) is 6.20. The number of hydrogen-bond acceptors (Lipinski definition) is 3. The van der Waals surface area contributed by atoms with Crippen molar-refractivity contribution in [2.75, 3.05) is 14.1 Å². The fourth-order valence-electron chi connectivity index (χ4n) is 1.81. The summed E-state index contributed by atoms with van der Waals surface area (Å²) in [5, 5.41) is 1.64. The Kier molecular flexibility index (Phi) is 4.36. The van der Waals surface area contributed by atoms with Gasteiger partial charge in [-0.3, -0.25) is 10.2 Å². The first-order valence-corrected chi connectivity index (χ1v) is 6.26. The van der Waals surface area contributed by atoms with Gasteiger partial charge in [0.1, 0.15) is 11.5 Å². The average molecular weight is 258 g/mol. The van der Waals surface area contributed by atoms with Gasteiger partial charge in [-0.1, -0.05) is 30.3 Å². The minimum Gasteiger partial charge on any atom is -0.461 e. The fraction of sp³-hybridized carbons (Fsp3) is 0.267. The van der Waals surface area contributed by atoms with Crippen LogP contribution in [0.5, 0.6) is 0 Å². The number of nitrogens with one attached hydrogen (secondary N) is 1. The molecule has 0 aliphatic carbocycles. The summed E-state index contributed by atoms with van der Waals surface area (Å²) >= 11 is 0. The van der Waals surface area contributed by atoms with Crippen molar-refractivity contribution in [3.05, 3.63) is 48.2 Å². The molecule has 19 heavy (non-hydrogen) atoms. The molecule has 0 aliphatic heterocycles. The molecule has 1 aromatic carbocycles. The van der Waals surface area contributed by atoms with Crippen molar-refractivity contribution >= 4 is 5.91 Å². The molecular formula is C15H18N2O2. The van der Waals surface area contributed by atoms with Gasteiger partial charge >= 0.3 is 0 Å². The van der Waals surface area contributed by atoms with Crippen molar-refractivity contribution in [2.24, 2.45) is 0 Å². The maximum absolute atomic E-state index is 11.5. The summed E-state index contributed by atoms with van der Waals surface area (Å²) in [6, 6.07) is 13.8. The number of hydrazine groups is 1. The summed E-state index contributed by atoms with van der Waals surface area (Å²) in [6.45, 7) is 0. The summed E-state index contributed by atoms with van der Waals surface area (Å²) < 4.78 is 5.73. The second-order valence-electron chi connectivity index (χ2n) is 4.56. The Morgan fingerprint density at radius 3 is 2.58 bits per heavy atom. The first-order chi connectivity index (χ1) is 9.15. The molecule has 2 aromatic rings. The number of carbonyl (C=O) groups is 1. The number of benzene rings is 1. The van der Waals surface area contributed by atoms with Crippen molar-refractivity contribution in [1.29, 1.82) is 0 Å². The van der Waals surface area contributed by atoms with Crippen LogP contribution in [0.1, 0.15) is 12.2 Å². The minimum absolute atomic E-state index is 0.0114. The van der Waals surface area contributed by atoms with Gasteiger partial charge in [-0.25, -0.2) is 5.01 Å². The molecule has 0 aliphatic rings. The summed E-state index contributed by atoms with van der Waals surface area (Å²) in [6.07, 6.45) is 1.02. The van der Waals surface area contributed by atoms with Crippen LogP contribution in [0.2, 0.25) is 0 Å². The Hall–Kier alpha value is -2.07. The summed E-state index contributed by atoms with van der Waals surface area (Å²) in [5.41, 5.74) is 3.75. The molecular weight excluding hydrogens is 240 g/mol. The maximum Gasteiger partial charge on any atom is 0.234 e. The van der Waals surface area contributed by atoms with E-state index in [1.54, 1.807) is 19.1 Å². The Labute approximate surface area is 113 Å². The topological polar surface area (TPSA) is 45.5 Å². The average Bonchev–Trinajstić information content (AvgIpc) is 2.85. The maximum atomic E-state index is 11.5. The zero-order valence-electron chi connectivity index (χ0n) is 11.2. The number of carbonyl (C=O) groups excluding carboxylic acids is 1. The van der Waals surface area contributed by atoms with Crippen LogP contribution in [0.25, 0.3) is 11.3 Å². The van der Waals surface area contributed by atoms with Crippen LogP contribution in [0.3, 0.4) is 0 Å². The lowest BCUT2D eigenvalue weighted by Crippen LogP contribution is -2.36. The van der Waals surface area contributed by atoms with Crippen LogP contribution in [0.4, 0.5) is 0 Å². The lowest BCUT2D eigenvalue weighted by atomic mass is 10.2. The largest absolute Gasteiger partial charge is 0.461 e. The SMILES string of the molecule is CN(C)NC(=O)CCc1ccc(-c2ccccc2)o1. The van der Waals surface area contributed by atoms with E-state index in [1.165, 1.54) is 0 Å². The van der Waals surface area contributed by atoms with Crippen LogP contribution < -0.4 is 5.43 Å². The van der Waals surface area contributed by atoms with Crippen molar-refractivity contribution in [3.8, 4) is 11.3 Å². The Balaban J connectivity index is 1.93. The van der Waals surface area contributed by atoms with E-state index in [0.717, 1.165) is 17.1 Å². The number of rotatable bonds is 5. The van der Waals surface area contributed by atoms with Crippen LogP contribution in [0, 0.1) is 0 Å². The highest BCUT2D eigenvalue weighted by atomic mass is 16.3. The number of nitrogens with zero attached hydrogens (tertiary/aromatic N) is 1. The van der Waals surface area contributed by atoms with E-state index in [1.807, 2.05) is 42.5 Å². The van der Waals surface area contributed by atoms with E-state index in [-0.39, 0.29) is 5.91 Å². The number of hydrogen-bond donors (Lipinski definition) is 1. The quantitative estimate of drug-likeness (QED) is 0.838. The highest BCUT2D eigenvalue weighted by Crippen LogP contribution is 2.22.